The van der Waals surface area contributed by atoms with Crippen molar-refractivity contribution in [1.82, 2.24) is 10.2 Å². The lowest BCUT2D eigenvalue weighted by atomic mass is 9.98. The third-order valence-electron chi connectivity index (χ3n) is 4.04. The fraction of sp³-hybridized carbons (Fsp3) is 0.647. The Morgan fingerprint density at radius 2 is 1.95 bits per heavy atom. The molecule has 124 valence electrons. The molecule has 1 aliphatic heterocycles. The topological polar surface area (TPSA) is 44.7 Å². The molecule has 0 bridgehead atoms. The quantitative estimate of drug-likeness (QED) is 0.873. The second-order valence-corrected chi connectivity index (χ2v) is 6.68. The van der Waals surface area contributed by atoms with Gasteiger partial charge in [-0.25, -0.2) is 0 Å². The molecular weight excluding hydrogens is 300 g/mol. The van der Waals surface area contributed by atoms with Gasteiger partial charge >= 0.3 is 0 Å². The Hall–Kier alpha value is -0.810. The summed E-state index contributed by atoms with van der Waals surface area (Å²) >= 11 is 6.32. The predicted octanol–water partition coefficient (Wildman–Crippen LogP) is 2.68. The van der Waals surface area contributed by atoms with Crippen LogP contribution < -0.4 is 10.1 Å². The summed E-state index contributed by atoms with van der Waals surface area (Å²) < 4.78 is 5.97. The maximum Gasteiger partial charge on any atom is 0.128 e. The summed E-state index contributed by atoms with van der Waals surface area (Å²) in [5.74, 6) is 0.777. The van der Waals surface area contributed by atoms with E-state index in [-0.39, 0.29) is 6.10 Å². The zero-order chi connectivity index (χ0) is 16.3. The average molecular weight is 327 g/mol. The molecule has 4 nitrogen and oxygen atoms in total. The first-order valence-corrected chi connectivity index (χ1v) is 8.35. The van der Waals surface area contributed by atoms with Gasteiger partial charge in [0.15, 0.2) is 0 Å². The van der Waals surface area contributed by atoms with Gasteiger partial charge in [-0.05, 0) is 44.9 Å². The normalized spacial score (nSPS) is 17.8. The maximum absolute atomic E-state index is 10.8. The molecule has 5 heteroatoms. The van der Waals surface area contributed by atoms with E-state index in [2.05, 4.69) is 10.2 Å². The molecule has 1 heterocycles. The molecule has 1 atom stereocenters. The first-order valence-electron chi connectivity index (χ1n) is 7.97. The van der Waals surface area contributed by atoms with Gasteiger partial charge in [0.2, 0.25) is 0 Å². The van der Waals surface area contributed by atoms with Gasteiger partial charge < -0.3 is 15.2 Å². The van der Waals surface area contributed by atoms with Crippen LogP contribution in [0.15, 0.2) is 6.07 Å². The highest BCUT2D eigenvalue weighted by Crippen LogP contribution is 2.37. The van der Waals surface area contributed by atoms with E-state index in [1.165, 1.54) is 0 Å². The highest BCUT2D eigenvalue weighted by Gasteiger charge is 2.24. The Morgan fingerprint density at radius 3 is 2.55 bits per heavy atom. The molecule has 1 saturated heterocycles. The monoisotopic (exact) mass is 326 g/mol. The smallest absolute Gasteiger partial charge is 0.128 e. The Kier molecular flexibility index (Phi) is 6.09. The number of aliphatic hydroxyl groups is 1. The number of halogens is 1. The number of nitrogens with zero attached hydrogens (tertiary/aromatic N) is 1. The van der Waals surface area contributed by atoms with Crippen molar-refractivity contribution in [2.45, 2.75) is 39.9 Å². The zero-order valence-electron chi connectivity index (χ0n) is 13.9. The summed E-state index contributed by atoms with van der Waals surface area (Å²) in [7, 11) is 0. The van der Waals surface area contributed by atoms with Crippen molar-refractivity contribution in [3.05, 3.63) is 27.8 Å². The highest BCUT2D eigenvalue weighted by molar-refractivity contribution is 6.31. The first-order chi connectivity index (χ1) is 10.4. The molecule has 0 spiro atoms. The minimum Gasteiger partial charge on any atom is -0.490 e. The van der Waals surface area contributed by atoms with Crippen molar-refractivity contribution in [2.75, 3.05) is 32.7 Å². The van der Waals surface area contributed by atoms with Crippen LogP contribution in [0.3, 0.4) is 0 Å². The van der Waals surface area contributed by atoms with Crippen molar-refractivity contribution in [3.8, 4) is 5.75 Å². The molecular formula is C17H27ClN2O2. The number of ether oxygens (including phenoxy) is 1. The van der Waals surface area contributed by atoms with Gasteiger partial charge in [0, 0.05) is 43.3 Å². The molecule has 1 unspecified atom stereocenters. The third-order valence-corrected chi connectivity index (χ3v) is 4.43. The van der Waals surface area contributed by atoms with Gasteiger partial charge in [-0.3, -0.25) is 4.90 Å². The largest absolute Gasteiger partial charge is 0.490 e. The van der Waals surface area contributed by atoms with E-state index in [0.29, 0.717) is 11.6 Å². The Morgan fingerprint density at radius 1 is 1.32 bits per heavy atom. The van der Waals surface area contributed by atoms with Gasteiger partial charge in [-0.1, -0.05) is 11.6 Å². The van der Waals surface area contributed by atoms with Gasteiger partial charge in [-0.15, -0.1) is 0 Å². The second kappa shape index (κ2) is 7.64. The number of nitrogens with one attached hydrogen (secondary N) is 1. The Balaban J connectivity index is 2.29. The SMILES string of the molecule is Cc1cc(Cl)c(C)c(C(O)CN2CCNCC2)c1OC(C)C. The third kappa shape index (κ3) is 4.13. The number of hydrogen-bond donors (Lipinski definition) is 2. The molecule has 0 aliphatic carbocycles. The van der Waals surface area contributed by atoms with Crippen molar-refractivity contribution < 1.29 is 9.84 Å². The summed E-state index contributed by atoms with van der Waals surface area (Å²) in [5, 5.41) is 14.8. The summed E-state index contributed by atoms with van der Waals surface area (Å²) in [4.78, 5) is 2.27. The van der Waals surface area contributed by atoms with Crippen molar-refractivity contribution in [3.63, 3.8) is 0 Å². The molecule has 1 fully saturated rings. The molecule has 1 aromatic rings. The molecule has 22 heavy (non-hydrogen) atoms. The highest BCUT2D eigenvalue weighted by atomic mass is 35.5. The number of hydrogen-bond acceptors (Lipinski definition) is 4. The first kappa shape index (κ1) is 17.5. The van der Waals surface area contributed by atoms with Gasteiger partial charge in [0.05, 0.1) is 12.2 Å². The molecule has 0 aromatic heterocycles. The molecule has 1 aromatic carbocycles. The van der Waals surface area contributed by atoms with Gasteiger partial charge in [-0.2, -0.15) is 0 Å². The molecule has 0 saturated carbocycles. The van der Waals surface area contributed by atoms with E-state index in [9.17, 15) is 5.11 Å². The molecule has 0 amide bonds. The Labute approximate surface area is 138 Å². The van der Waals surface area contributed by atoms with E-state index in [1.807, 2.05) is 33.8 Å². The number of aryl methyl sites for hydroxylation is 1. The predicted molar refractivity (Wildman–Crippen MR) is 91.0 cm³/mol. The van der Waals surface area contributed by atoms with E-state index < -0.39 is 6.10 Å². The van der Waals surface area contributed by atoms with Gasteiger partial charge in [0.1, 0.15) is 5.75 Å². The van der Waals surface area contributed by atoms with Crippen molar-refractivity contribution >= 4 is 11.6 Å². The van der Waals surface area contributed by atoms with Crippen LogP contribution in [0.5, 0.6) is 5.75 Å². The van der Waals surface area contributed by atoms with Crippen LogP contribution in [0.4, 0.5) is 0 Å². The van der Waals surface area contributed by atoms with Crippen molar-refractivity contribution in [1.29, 1.82) is 0 Å². The summed E-state index contributed by atoms with van der Waals surface area (Å²) in [6.45, 7) is 12.4. The molecule has 1 aliphatic rings. The van der Waals surface area contributed by atoms with Crippen LogP contribution in [0.1, 0.15) is 36.6 Å². The van der Waals surface area contributed by atoms with Crippen LogP contribution in [-0.4, -0.2) is 48.8 Å². The van der Waals surface area contributed by atoms with Crippen LogP contribution in [0.2, 0.25) is 5.02 Å². The minimum atomic E-state index is -0.593. The summed E-state index contributed by atoms with van der Waals surface area (Å²) in [5.41, 5.74) is 2.71. The lowest BCUT2D eigenvalue weighted by molar-refractivity contribution is 0.100. The van der Waals surface area contributed by atoms with Gasteiger partial charge in [0.25, 0.3) is 0 Å². The molecule has 2 rings (SSSR count). The number of aliphatic hydroxyl groups excluding tert-OH is 1. The van der Waals surface area contributed by atoms with E-state index in [0.717, 1.165) is 48.6 Å². The number of rotatable bonds is 5. The standard InChI is InChI=1S/C17H27ClN2O2/c1-11(2)22-17-12(3)9-14(18)13(4)16(17)15(21)10-20-7-5-19-6-8-20/h9,11,15,19,21H,5-8,10H2,1-4H3. The lowest BCUT2D eigenvalue weighted by Gasteiger charge is -2.31. The molecule has 0 radical (unpaired) electrons. The van der Waals surface area contributed by atoms with E-state index in [4.69, 9.17) is 16.3 Å². The van der Waals surface area contributed by atoms with Crippen LogP contribution in [0, 0.1) is 13.8 Å². The van der Waals surface area contributed by atoms with E-state index >= 15 is 0 Å². The summed E-state index contributed by atoms with van der Waals surface area (Å²) in [6.07, 6.45) is -0.534. The van der Waals surface area contributed by atoms with Crippen LogP contribution in [-0.2, 0) is 0 Å². The number of β-amino-alcohol motifs (C(OH)–C–C–N with tert-alkyl or cyclic N) is 1. The number of benzene rings is 1. The molecule has 2 N–H and O–H groups in total. The summed E-state index contributed by atoms with van der Waals surface area (Å²) in [6, 6.07) is 1.91. The fourth-order valence-corrected chi connectivity index (χ4v) is 3.16. The van der Waals surface area contributed by atoms with Crippen LogP contribution >= 0.6 is 11.6 Å². The minimum absolute atomic E-state index is 0.0596. The fourth-order valence-electron chi connectivity index (χ4n) is 2.90. The Bertz CT molecular complexity index is 514. The zero-order valence-corrected chi connectivity index (χ0v) is 14.7. The lowest BCUT2D eigenvalue weighted by Crippen LogP contribution is -2.45. The van der Waals surface area contributed by atoms with Crippen molar-refractivity contribution in [2.24, 2.45) is 0 Å². The average Bonchev–Trinajstić information content (AvgIpc) is 2.45. The maximum atomic E-state index is 10.8. The van der Waals surface area contributed by atoms with Crippen LogP contribution in [0.25, 0.3) is 0 Å². The van der Waals surface area contributed by atoms with E-state index in [1.54, 1.807) is 0 Å². The second-order valence-electron chi connectivity index (χ2n) is 6.28. The number of piperazine rings is 1.